The molecule has 2 heterocycles. The Kier molecular flexibility index (Phi) is 7.33. The standard InChI is InChI=1S/C31H29F3N4O3/c1-18-11-19(2)13-24(12-18)38-26-15-23(31(32,33)34)9-10-25(26)28(30(38)41)20(3)35-36-29(40)22-14-27(39)37(17-22)16-21-7-5-4-6-8-21/h4-13,15,22,41H,14,16-17H2,1-3H3,(H,36,40). The number of fused-ring (bicyclic) bond motifs is 1. The highest BCUT2D eigenvalue weighted by Crippen LogP contribution is 2.39. The van der Waals surface area contributed by atoms with Gasteiger partial charge < -0.3 is 10.0 Å². The predicted molar refractivity (Wildman–Crippen MR) is 150 cm³/mol. The van der Waals surface area contributed by atoms with Gasteiger partial charge in [-0.25, -0.2) is 5.43 Å². The normalized spacial score (nSPS) is 16.0. The number of carbonyl (C=O) groups excluding carboxylic acids is 2. The van der Waals surface area contributed by atoms with Crippen LogP contribution in [0.2, 0.25) is 0 Å². The van der Waals surface area contributed by atoms with E-state index < -0.39 is 23.6 Å². The first-order chi connectivity index (χ1) is 19.4. The molecule has 2 N–H and O–H groups in total. The number of aromatic hydroxyl groups is 1. The molecular weight excluding hydrogens is 533 g/mol. The van der Waals surface area contributed by atoms with Crippen LogP contribution >= 0.6 is 0 Å². The highest BCUT2D eigenvalue weighted by atomic mass is 19.4. The Hall–Kier alpha value is -4.60. The molecule has 1 fully saturated rings. The molecule has 2 amide bonds. The Balaban J connectivity index is 1.45. The van der Waals surface area contributed by atoms with E-state index in [0.717, 1.165) is 28.8 Å². The Bertz CT molecular complexity index is 1660. The second-order valence-electron chi connectivity index (χ2n) is 10.4. The Morgan fingerprint density at radius 2 is 1.73 bits per heavy atom. The van der Waals surface area contributed by atoms with Gasteiger partial charge in [0.1, 0.15) is 0 Å². The second kappa shape index (κ2) is 10.8. The van der Waals surface area contributed by atoms with Crippen LogP contribution in [0.15, 0.2) is 71.8 Å². The molecule has 0 radical (unpaired) electrons. The molecule has 5 rings (SSSR count). The minimum Gasteiger partial charge on any atom is -0.494 e. The number of nitrogens with one attached hydrogen (secondary N) is 1. The van der Waals surface area contributed by atoms with Crippen LogP contribution in [0, 0.1) is 19.8 Å². The summed E-state index contributed by atoms with van der Waals surface area (Å²) in [7, 11) is 0. The first-order valence-corrected chi connectivity index (χ1v) is 13.1. The molecular formula is C31H29F3N4O3. The van der Waals surface area contributed by atoms with Crippen molar-refractivity contribution in [2.75, 3.05) is 6.54 Å². The molecule has 1 saturated heterocycles. The number of alkyl halides is 3. The topological polar surface area (TPSA) is 86.9 Å². The summed E-state index contributed by atoms with van der Waals surface area (Å²) in [6.45, 7) is 5.92. The molecule has 1 aromatic heterocycles. The van der Waals surface area contributed by atoms with Gasteiger partial charge in [0, 0.05) is 30.6 Å². The van der Waals surface area contributed by atoms with Crippen molar-refractivity contribution in [1.29, 1.82) is 0 Å². The molecule has 7 nitrogen and oxygen atoms in total. The van der Waals surface area contributed by atoms with Crippen molar-refractivity contribution in [2.45, 2.75) is 39.9 Å². The van der Waals surface area contributed by atoms with Crippen LogP contribution in [0.3, 0.4) is 0 Å². The molecule has 0 bridgehead atoms. The highest BCUT2D eigenvalue weighted by Gasteiger charge is 2.35. The van der Waals surface area contributed by atoms with Gasteiger partial charge >= 0.3 is 6.18 Å². The smallest absolute Gasteiger partial charge is 0.416 e. The van der Waals surface area contributed by atoms with Crippen molar-refractivity contribution in [3.05, 3.63) is 94.5 Å². The van der Waals surface area contributed by atoms with Crippen molar-refractivity contribution < 1.29 is 27.9 Å². The average molecular weight is 563 g/mol. The van der Waals surface area contributed by atoms with E-state index in [1.165, 1.54) is 10.6 Å². The van der Waals surface area contributed by atoms with Crippen LogP contribution in [0.5, 0.6) is 5.88 Å². The fraction of sp³-hybridized carbons (Fsp3) is 0.258. The number of amides is 2. The van der Waals surface area contributed by atoms with Gasteiger partial charge in [0.05, 0.1) is 28.3 Å². The van der Waals surface area contributed by atoms with Crippen LogP contribution < -0.4 is 5.43 Å². The number of carbonyl (C=O) groups is 2. The lowest BCUT2D eigenvalue weighted by molar-refractivity contribution is -0.137. The number of hydrogen-bond donors (Lipinski definition) is 2. The number of aryl methyl sites for hydroxylation is 2. The number of hydrazone groups is 1. The maximum Gasteiger partial charge on any atom is 0.416 e. The van der Waals surface area contributed by atoms with E-state index in [9.17, 15) is 27.9 Å². The molecule has 0 spiro atoms. The Labute approximate surface area is 234 Å². The SMILES string of the molecule is CC(=NNC(=O)C1CC(=O)N(Cc2ccccc2)C1)c1c(O)n(-c2cc(C)cc(C)c2)c2cc(C(F)(F)F)ccc12. The van der Waals surface area contributed by atoms with E-state index in [0.29, 0.717) is 17.6 Å². The summed E-state index contributed by atoms with van der Waals surface area (Å²) in [5.74, 6) is -1.50. The second-order valence-corrected chi connectivity index (χ2v) is 10.4. The van der Waals surface area contributed by atoms with E-state index in [1.54, 1.807) is 24.0 Å². The van der Waals surface area contributed by atoms with Crippen molar-refractivity contribution in [1.82, 2.24) is 14.9 Å². The maximum absolute atomic E-state index is 13.6. The van der Waals surface area contributed by atoms with Gasteiger partial charge in [0.15, 0.2) is 0 Å². The summed E-state index contributed by atoms with van der Waals surface area (Å²) >= 11 is 0. The van der Waals surface area contributed by atoms with Gasteiger partial charge in [0.2, 0.25) is 17.7 Å². The summed E-state index contributed by atoms with van der Waals surface area (Å²) < 4.78 is 42.2. The molecule has 1 aliphatic heterocycles. The summed E-state index contributed by atoms with van der Waals surface area (Å²) in [6, 6.07) is 18.2. The minimum absolute atomic E-state index is 0.0463. The van der Waals surface area contributed by atoms with Crippen LogP contribution in [-0.4, -0.2) is 38.6 Å². The fourth-order valence-corrected chi connectivity index (χ4v) is 5.34. The first kappa shape index (κ1) is 27.9. The molecule has 1 aliphatic rings. The van der Waals surface area contributed by atoms with E-state index >= 15 is 0 Å². The van der Waals surface area contributed by atoms with E-state index in [1.807, 2.05) is 50.2 Å². The lowest BCUT2D eigenvalue weighted by atomic mass is 10.1. The predicted octanol–water partition coefficient (Wildman–Crippen LogP) is 5.86. The van der Waals surface area contributed by atoms with E-state index in [2.05, 4.69) is 10.5 Å². The lowest BCUT2D eigenvalue weighted by Gasteiger charge is -2.16. The summed E-state index contributed by atoms with van der Waals surface area (Å²) in [4.78, 5) is 27.1. The van der Waals surface area contributed by atoms with Gasteiger partial charge in [0.25, 0.3) is 0 Å². The molecule has 1 unspecified atom stereocenters. The monoisotopic (exact) mass is 562 g/mol. The van der Waals surface area contributed by atoms with E-state index in [-0.39, 0.29) is 41.5 Å². The molecule has 41 heavy (non-hydrogen) atoms. The largest absolute Gasteiger partial charge is 0.494 e. The first-order valence-electron chi connectivity index (χ1n) is 13.1. The van der Waals surface area contributed by atoms with Crippen LogP contribution in [0.4, 0.5) is 13.2 Å². The number of likely N-dealkylation sites (tertiary alicyclic amines) is 1. The van der Waals surface area contributed by atoms with Gasteiger partial charge in [-0.1, -0.05) is 42.5 Å². The average Bonchev–Trinajstić information content (AvgIpc) is 3.42. The third-order valence-corrected chi connectivity index (χ3v) is 7.23. The summed E-state index contributed by atoms with van der Waals surface area (Å²) in [5, 5.41) is 15.9. The highest BCUT2D eigenvalue weighted by molar-refractivity contribution is 6.13. The molecule has 0 saturated carbocycles. The van der Waals surface area contributed by atoms with Gasteiger partial charge in [-0.05, 0) is 61.7 Å². The van der Waals surface area contributed by atoms with Gasteiger partial charge in [-0.2, -0.15) is 18.3 Å². The number of halogens is 3. The number of benzene rings is 3. The number of nitrogens with zero attached hydrogens (tertiary/aromatic N) is 3. The molecule has 3 aromatic carbocycles. The maximum atomic E-state index is 13.6. The number of rotatable bonds is 6. The fourth-order valence-electron chi connectivity index (χ4n) is 5.34. The molecule has 4 aromatic rings. The van der Waals surface area contributed by atoms with E-state index in [4.69, 9.17) is 0 Å². The zero-order chi connectivity index (χ0) is 29.5. The van der Waals surface area contributed by atoms with Gasteiger partial charge in [-0.3, -0.25) is 14.2 Å². The number of aromatic nitrogens is 1. The third-order valence-electron chi connectivity index (χ3n) is 7.23. The molecule has 1 atom stereocenters. The Morgan fingerprint density at radius 1 is 1.05 bits per heavy atom. The third kappa shape index (κ3) is 5.68. The quantitative estimate of drug-likeness (QED) is 0.228. The molecule has 10 heteroatoms. The zero-order valence-corrected chi connectivity index (χ0v) is 22.8. The Morgan fingerprint density at radius 3 is 2.39 bits per heavy atom. The van der Waals surface area contributed by atoms with Crippen LogP contribution in [0.1, 0.15) is 41.2 Å². The van der Waals surface area contributed by atoms with Crippen molar-refractivity contribution >= 4 is 28.4 Å². The van der Waals surface area contributed by atoms with Crippen LogP contribution in [-0.2, 0) is 22.3 Å². The van der Waals surface area contributed by atoms with Crippen molar-refractivity contribution in [3.8, 4) is 11.6 Å². The number of hydrogen-bond acceptors (Lipinski definition) is 4. The lowest BCUT2D eigenvalue weighted by Crippen LogP contribution is -2.30. The van der Waals surface area contributed by atoms with Gasteiger partial charge in [-0.15, -0.1) is 0 Å². The summed E-state index contributed by atoms with van der Waals surface area (Å²) in [6.07, 6.45) is -4.53. The molecule has 212 valence electrons. The van der Waals surface area contributed by atoms with Crippen LogP contribution in [0.25, 0.3) is 16.6 Å². The summed E-state index contributed by atoms with van der Waals surface area (Å²) in [5.41, 5.74) is 5.39. The van der Waals surface area contributed by atoms with Crippen molar-refractivity contribution in [2.24, 2.45) is 11.0 Å². The minimum atomic E-state index is -4.58. The zero-order valence-electron chi connectivity index (χ0n) is 22.8. The van der Waals surface area contributed by atoms with Crippen molar-refractivity contribution in [3.63, 3.8) is 0 Å². The molecule has 0 aliphatic carbocycles.